The summed E-state index contributed by atoms with van der Waals surface area (Å²) in [6, 6.07) is 1.40. The van der Waals surface area contributed by atoms with Crippen LogP contribution in [0.25, 0.3) is 0 Å². The molecule has 0 aliphatic rings. The zero-order chi connectivity index (χ0) is 14.3. The van der Waals surface area contributed by atoms with Crippen LogP contribution < -0.4 is 0 Å². The minimum absolute atomic E-state index is 0.699. The van der Waals surface area contributed by atoms with Crippen molar-refractivity contribution in [3.8, 4) is 0 Å². The summed E-state index contributed by atoms with van der Waals surface area (Å²) in [6.07, 6.45) is -7.31. The molecular weight excluding hydrogens is 277 g/mol. The van der Waals surface area contributed by atoms with Crippen molar-refractivity contribution >= 4 is 7.55 Å². The number of halogens is 6. The maximum absolute atomic E-state index is 12.2. The number of nitrogens with zero attached hydrogens (tertiary/aromatic N) is 4. The summed E-state index contributed by atoms with van der Waals surface area (Å²) in [4.78, 5) is 0. The molecule has 0 N–H and O–H groups in total. The summed E-state index contributed by atoms with van der Waals surface area (Å²) in [5.41, 5.74) is -2.29. The van der Waals surface area contributed by atoms with Gasteiger partial charge in [-0.05, 0) is 12.1 Å². The molecular formula is C8H4BF6N4. The molecule has 0 aromatic carbocycles. The lowest BCUT2D eigenvalue weighted by molar-refractivity contribution is -0.142. The first kappa shape index (κ1) is 13.5. The van der Waals surface area contributed by atoms with Crippen molar-refractivity contribution < 1.29 is 26.3 Å². The Balaban J connectivity index is 2.14. The van der Waals surface area contributed by atoms with E-state index in [0.29, 0.717) is 12.1 Å². The Morgan fingerprint density at radius 1 is 0.789 bits per heavy atom. The van der Waals surface area contributed by atoms with E-state index in [2.05, 4.69) is 10.2 Å². The van der Waals surface area contributed by atoms with E-state index in [-0.39, 0.29) is 0 Å². The molecule has 2 heterocycles. The Morgan fingerprint density at radius 3 is 1.42 bits per heavy atom. The number of alkyl halides is 6. The third kappa shape index (κ3) is 3.09. The van der Waals surface area contributed by atoms with Gasteiger partial charge in [-0.15, -0.1) is 0 Å². The number of aromatic nitrogens is 4. The van der Waals surface area contributed by atoms with Crippen LogP contribution in [0.1, 0.15) is 11.4 Å². The van der Waals surface area contributed by atoms with Crippen molar-refractivity contribution in [2.45, 2.75) is 12.4 Å². The van der Waals surface area contributed by atoms with Crippen LogP contribution in [0, 0.1) is 0 Å². The second-order valence-corrected chi connectivity index (χ2v) is 3.47. The first-order valence-electron chi connectivity index (χ1n) is 4.76. The minimum atomic E-state index is -4.61. The summed E-state index contributed by atoms with van der Waals surface area (Å²) in [6.45, 7) is 0. The molecule has 0 atom stereocenters. The van der Waals surface area contributed by atoms with Crippen LogP contribution in [0.2, 0.25) is 0 Å². The number of rotatable bonds is 2. The van der Waals surface area contributed by atoms with Crippen molar-refractivity contribution in [1.29, 1.82) is 0 Å². The number of hydrogen-bond donors (Lipinski definition) is 0. The summed E-state index contributed by atoms with van der Waals surface area (Å²) in [7, 11) is 0.879. The largest absolute Gasteiger partial charge is 0.436 e. The van der Waals surface area contributed by atoms with Gasteiger partial charge in [0, 0.05) is 12.4 Å². The fourth-order valence-electron chi connectivity index (χ4n) is 1.23. The highest BCUT2D eigenvalue weighted by Crippen LogP contribution is 2.28. The quantitative estimate of drug-likeness (QED) is 0.623. The third-order valence-corrected chi connectivity index (χ3v) is 2.03. The fourth-order valence-corrected chi connectivity index (χ4v) is 1.23. The Bertz CT molecular complexity index is 518. The second kappa shape index (κ2) is 4.32. The molecule has 2 aromatic heterocycles. The van der Waals surface area contributed by atoms with E-state index in [9.17, 15) is 26.3 Å². The van der Waals surface area contributed by atoms with E-state index in [1.54, 1.807) is 0 Å². The molecule has 4 nitrogen and oxygen atoms in total. The van der Waals surface area contributed by atoms with Gasteiger partial charge < -0.3 is 0 Å². The Labute approximate surface area is 102 Å². The highest BCUT2D eigenvalue weighted by atomic mass is 19.4. The molecule has 101 valence electrons. The van der Waals surface area contributed by atoms with Crippen LogP contribution in [-0.2, 0) is 12.4 Å². The van der Waals surface area contributed by atoms with Gasteiger partial charge in [0.15, 0.2) is 11.4 Å². The molecule has 0 fully saturated rings. The highest BCUT2D eigenvalue weighted by Gasteiger charge is 2.35. The van der Waals surface area contributed by atoms with Gasteiger partial charge in [-0.3, -0.25) is 9.19 Å². The van der Waals surface area contributed by atoms with Crippen LogP contribution in [0.4, 0.5) is 26.3 Å². The molecule has 0 aliphatic heterocycles. The van der Waals surface area contributed by atoms with Crippen LogP contribution in [0.5, 0.6) is 0 Å². The third-order valence-electron chi connectivity index (χ3n) is 2.03. The fraction of sp³-hybridized carbons (Fsp3) is 0.250. The van der Waals surface area contributed by atoms with Gasteiger partial charge in [0.1, 0.15) is 0 Å². The zero-order valence-corrected chi connectivity index (χ0v) is 8.94. The molecule has 0 saturated heterocycles. The van der Waals surface area contributed by atoms with Crippen LogP contribution in [-0.4, -0.2) is 26.9 Å². The van der Waals surface area contributed by atoms with Crippen molar-refractivity contribution in [3.05, 3.63) is 35.9 Å². The van der Waals surface area contributed by atoms with Gasteiger partial charge in [0.2, 0.25) is 0 Å². The maximum atomic E-state index is 12.2. The van der Waals surface area contributed by atoms with E-state index < -0.39 is 23.7 Å². The molecule has 0 bridgehead atoms. The molecule has 0 unspecified atom stereocenters. The molecule has 11 heteroatoms. The molecule has 1 radical (unpaired) electrons. The zero-order valence-electron chi connectivity index (χ0n) is 8.94. The van der Waals surface area contributed by atoms with Gasteiger partial charge in [0.05, 0.1) is 0 Å². The summed E-state index contributed by atoms with van der Waals surface area (Å²) in [5, 5.41) is 6.28. The van der Waals surface area contributed by atoms with E-state index >= 15 is 0 Å². The Morgan fingerprint density at radius 2 is 1.16 bits per heavy atom. The van der Waals surface area contributed by atoms with E-state index in [4.69, 9.17) is 0 Å². The smallest absolute Gasteiger partial charge is 0.292 e. The van der Waals surface area contributed by atoms with Crippen molar-refractivity contribution in [2.24, 2.45) is 0 Å². The molecule has 2 aromatic rings. The molecule has 19 heavy (non-hydrogen) atoms. The van der Waals surface area contributed by atoms with Gasteiger partial charge in [0.25, 0.3) is 0 Å². The SMILES string of the molecule is FC(F)(F)c1ccn([B]n2ccc(C(F)(F)F)n2)n1. The monoisotopic (exact) mass is 281 g/mol. The van der Waals surface area contributed by atoms with Gasteiger partial charge in [-0.1, -0.05) is 0 Å². The lowest BCUT2D eigenvalue weighted by atomic mass is 10.2. The molecule has 2 rings (SSSR count). The minimum Gasteiger partial charge on any atom is -0.292 e. The lowest BCUT2D eigenvalue weighted by Crippen LogP contribution is -2.20. The number of hydrogen-bond acceptors (Lipinski definition) is 2. The van der Waals surface area contributed by atoms with Crippen LogP contribution >= 0.6 is 0 Å². The van der Waals surface area contributed by atoms with Crippen LogP contribution in [0.3, 0.4) is 0 Å². The first-order valence-corrected chi connectivity index (χ1v) is 4.76. The topological polar surface area (TPSA) is 35.6 Å². The predicted octanol–water partition coefficient (Wildman–Crippen LogP) is 2.05. The summed E-state index contributed by atoms with van der Waals surface area (Å²) < 4.78 is 74.9. The average Bonchev–Trinajstić information content (AvgIpc) is 2.84. The maximum Gasteiger partial charge on any atom is 0.436 e. The predicted molar refractivity (Wildman–Crippen MR) is 51.0 cm³/mol. The van der Waals surface area contributed by atoms with Crippen molar-refractivity contribution in [3.63, 3.8) is 0 Å². The highest BCUT2D eigenvalue weighted by molar-refractivity contribution is 6.30. The first-order chi connectivity index (χ1) is 8.66. The van der Waals surface area contributed by atoms with E-state index in [1.807, 2.05) is 0 Å². The summed E-state index contributed by atoms with van der Waals surface area (Å²) >= 11 is 0. The Hall–Kier alpha value is -1.94. The second-order valence-electron chi connectivity index (χ2n) is 3.47. The molecule has 0 saturated carbocycles. The van der Waals surface area contributed by atoms with Crippen molar-refractivity contribution in [2.75, 3.05) is 0 Å². The molecule has 0 spiro atoms. The van der Waals surface area contributed by atoms with Crippen molar-refractivity contribution in [1.82, 2.24) is 19.4 Å². The molecule has 0 amide bonds. The average molecular weight is 281 g/mol. The summed E-state index contributed by atoms with van der Waals surface area (Å²) in [5.74, 6) is 0. The van der Waals surface area contributed by atoms with Gasteiger partial charge in [-0.2, -0.15) is 36.5 Å². The van der Waals surface area contributed by atoms with Gasteiger partial charge >= 0.3 is 19.9 Å². The standard InChI is InChI=1S/C8H4BF6N4/c10-7(11,12)5-1-3-18(16-5)9-19-4-2-6(17-19)8(13,14)15/h1-4H. The van der Waals surface area contributed by atoms with Crippen LogP contribution in [0.15, 0.2) is 24.5 Å². The normalized spacial score (nSPS) is 12.7. The molecule has 0 aliphatic carbocycles. The van der Waals surface area contributed by atoms with Gasteiger partial charge in [-0.25, -0.2) is 0 Å². The van der Waals surface area contributed by atoms with E-state index in [0.717, 1.165) is 29.1 Å². The lowest BCUT2D eigenvalue weighted by Gasteiger charge is -2.02. The Kier molecular flexibility index (Phi) is 3.07. The van der Waals surface area contributed by atoms with E-state index in [1.165, 1.54) is 0 Å².